The average Bonchev–Trinajstić information content (AvgIpc) is 2.62. The number of hydrogen-bond acceptors (Lipinski definition) is 5. The van der Waals surface area contributed by atoms with Crippen molar-refractivity contribution in [3.8, 4) is 0 Å². The Labute approximate surface area is 145 Å². The summed E-state index contributed by atoms with van der Waals surface area (Å²) >= 11 is 0. The molecule has 0 saturated heterocycles. The summed E-state index contributed by atoms with van der Waals surface area (Å²) in [6, 6.07) is 4.93. The maximum absolute atomic E-state index is 10.8. The number of allylic oxidation sites excluding steroid dienone is 2. The van der Waals surface area contributed by atoms with Gasteiger partial charge in [0.2, 0.25) is 0 Å². The summed E-state index contributed by atoms with van der Waals surface area (Å²) in [7, 11) is 1.84. The highest BCUT2D eigenvalue weighted by Gasteiger charge is 2.19. The molecule has 1 rings (SSSR count). The molecule has 0 spiro atoms. The van der Waals surface area contributed by atoms with Crippen molar-refractivity contribution >= 4 is 30.1 Å². The predicted molar refractivity (Wildman–Crippen MR) is 103 cm³/mol. The minimum Gasteiger partial charge on any atom is -0.390 e. The van der Waals surface area contributed by atoms with Gasteiger partial charge >= 0.3 is 0 Å². The lowest BCUT2D eigenvalue weighted by atomic mass is 10.1. The van der Waals surface area contributed by atoms with Gasteiger partial charge in [-0.15, -0.1) is 0 Å². The van der Waals surface area contributed by atoms with E-state index in [0.29, 0.717) is 17.7 Å². The van der Waals surface area contributed by atoms with Gasteiger partial charge in [0.1, 0.15) is 6.29 Å². The first-order valence-electron chi connectivity index (χ1n) is 8.08. The highest BCUT2D eigenvalue weighted by atomic mass is 16.3. The van der Waals surface area contributed by atoms with Crippen LogP contribution in [0.5, 0.6) is 0 Å². The third-order valence-electron chi connectivity index (χ3n) is 3.58. The number of aliphatic imine (C=N–C) groups is 1. The molecule has 0 bridgehead atoms. The van der Waals surface area contributed by atoms with E-state index in [4.69, 9.17) is 10.5 Å². The minimum atomic E-state index is -0.272. The molecule has 0 aliphatic rings. The van der Waals surface area contributed by atoms with Crippen LogP contribution in [0.3, 0.4) is 0 Å². The molecule has 1 unspecified atom stereocenters. The molecule has 5 nitrogen and oxygen atoms in total. The Morgan fingerprint density at radius 1 is 1.46 bits per heavy atom. The van der Waals surface area contributed by atoms with Gasteiger partial charge in [-0.25, -0.2) is 0 Å². The first kappa shape index (κ1) is 21.7. The van der Waals surface area contributed by atoms with Crippen LogP contribution in [0.25, 0.3) is 0 Å². The smallest absolute Gasteiger partial charge is 0.150 e. The Morgan fingerprint density at radius 3 is 2.50 bits per heavy atom. The summed E-state index contributed by atoms with van der Waals surface area (Å²) in [4.78, 5) is 16.5. The van der Waals surface area contributed by atoms with Gasteiger partial charge in [-0.3, -0.25) is 9.79 Å². The Kier molecular flexibility index (Phi) is 11.0. The molecule has 0 radical (unpaired) electrons. The molecule has 0 heterocycles. The van der Waals surface area contributed by atoms with Crippen LogP contribution in [0, 0.1) is 5.41 Å². The zero-order valence-corrected chi connectivity index (χ0v) is 15.1. The van der Waals surface area contributed by atoms with Crippen LogP contribution < -0.4 is 4.90 Å². The largest absolute Gasteiger partial charge is 0.390 e. The second kappa shape index (κ2) is 12.2. The number of benzene rings is 1. The maximum Gasteiger partial charge on any atom is 0.150 e. The van der Waals surface area contributed by atoms with Gasteiger partial charge in [-0.1, -0.05) is 26.0 Å². The van der Waals surface area contributed by atoms with Crippen LogP contribution in [-0.4, -0.2) is 43.5 Å². The fraction of sp³-hybridized carbons (Fsp3) is 0.421. The molecule has 0 aliphatic carbocycles. The number of rotatable bonds is 8. The molecular weight excluding hydrogens is 302 g/mol. The lowest BCUT2D eigenvalue weighted by Crippen LogP contribution is -2.39. The lowest BCUT2D eigenvalue weighted by Gasteiger charge is -2.30. The highest BCUT2D eigenvalue weighted by molar-refractivity contribution is 5.92. The number of aliphatic hydroxyl groups is 1. The fourth-order valence-corrected chi connectivity index (χ4v) is 2.30. The first-order chi connectivity index (χ1) is 11.5. The van der Waals surface area contributed by atoms with Crippen LogP contribution in [0.4, 0.5) is 11.4 Å². The number of aliphatic hydroxyl groups excluding tert-OH is 1. The summed E-state index contributed by atoms with van der Waals surface area (Å²) < 4.78 is 0. The number of hydrogen-bond donors (Lipinski definition) is 2. The molecule has 24 heavy (non-hydrogen) atoms. The van der Waals surface area contributed by atoms with E-state index in [1.165, 1.54) is 0 Å². The molecule has 1 atom stereocenters. The Bertz CT molecular complexity index is 568. The van der Waals surface area contributed by atoms with Gasteiger partial charge in [-0.05, 0) is 44.7 Å². The van der Waals surface area contributed by atoms with Crippen molar-refractivity contribution in [1.29, 1.82) is 5.41 Å². The van der Waals surface area contributed by atoms with E-state index in [-0.39, 0.29) is 18.4 Å². The van der Waals surface area contributed by atoms with E-state index in [9.17, 15) is 4.79 Å². The molecule has 0 aliphatic heterocycles. The number of carbonyl (C=O) groups is 1. The number of anilines is 1. The van der Waals surface area contributed by atoms with Crippen LogP contribution >= 0.6 is 0 Å². The van der Waals surface area contributed by atoms with E-state index < -0.39 is 0 Å². The van der Waals surface area contributed by atoms with E-state index >= 15 is 0 Å². The Balaban J connectivity index is 0.000000922. The van der Waals surface area contributed by atoms with Crippen LogP contribution in [-0.2, 0) is 0 Å². The molecule has 132 valence electrons. The van der Waals surface area contributed by atoms with Crippen molar-refractivity contribution in [2.24, 2.45) is 4.99 Å². The Morgan fingerprint density at radius 2 is 2.12 bits per heavy atom. The molecule has 1 aromatic rings. The third kappa shape index (κ3) is 6.46. The van der Waals surface area contributed by atoms with Crippen LogP contribution in [0.15, 0.2) is 35.3 Å². The van der Waals surface area contributed by atoms with Crippen LogP contribution in [0.2, 0.25) is 0 Å². The predicted octanol–water partition coefficient (Wildman–Crippen LogP) is 4.03. The van der Waals surface area contributed by atoms with Gasteiger partial charge in [0.25, 0.3) is 0 Å². The zero-order chi connectivity index (χ0) is 18.5. The van der Waals surface area contributed by atoms with Gasteiger partial charge in [0.05, 0.1) is 29.7 Å². The summed E-state index contributed by atoms with van der Waals surface area (Å²) in [5, 5.41) is 16.9. The lowest BCUT2D eigenvalue weighted by molar-refractivity contribution is 0.112. The fourth-order valence-electron chi connectivity index (χ4n) is 2.30. The second-order valence-corrected chi connectivity index (χ2v) is 5.22. The summed E-state index contributed by atoms with van der Waals surface area (Å²) in [5.41, 5.74) is 2.16. The molecule has 1 aromatic carbocycles. The van der Waals surface area contributed by atoms with E-state index in [2.05, 4.69) is 30.8 Å². The number of carbonyl (C=O) groups excluding carboxylic acids is 1. The van der Waals surface area contributed by atoms with Crippen molar-refractivity contribution in [1.82, 2.24) is 0 Å². The number of aldehydes is 1. The minimum absolute atomic E-state index is 0.201. The average molecular weight is 331 g/mol. The van der Waals surface area contributed by atoms with Crippen molar-refractivity contribution in [3.63, 3.8) is 0 Å². The van der Waals surface area contributed by atoms with Gasteiger partial charge in [-0.2, -0.15) is 0 Å². The molecule has 2 N–H and O–H groups in total. The van der Waals surface area contributed by atoms with Crippen molar-refractivity contribution in [3.05, 3.63) is 35.9 Å². The van der Waals surface area contributed by atoms with Gasteiger partial charge in [0.15, 0.2) is 0 Å². The summed E-state index contributed by atoms with van der Waals surface area (Å²) in [6.45, 7) is 9.34. The third-order valence-corrected chi connectivity index (χ3v) is 3.58. The second-order valence-electron chi connectivity index (χ2n) is 5.22. The molecule has 0 aromatic heterocycles. The number of nitrogens with one attached hydrogen (secondary N) is 1. The van der Waals surface area contributed by atoms with Crippen molar-refractivity contribution < 1.29 is 9.90 Å². The topological polar surface area (TPSA) is 76.8 Å². The van der Waals surface area contributed by atoms with E-state index in [1.807, 2.05) is 25.8 Å². The molecule has 5 heteroatoms. The van der Waals surface area contributed by atoms with Crippen molar-refractivity contribution in [2.45, 2.75) is 39.7 Å². The van der Waals surface area contributed by atoms with E-state index in [1.54, 1.807) is 18.2 Å². The van der Waals surface area contributed by atoms with Gasteiger partial charge < -0.3 is 15.4 Å². The number of nitrogens with zero attached hydrogens (tertiary/aromatic N) is 2. The standard InChI is InChI=1S/C14H19N3O2.C5H10/c1-4-13(11(15)9-19)17(3)14-6-5-10(8-18)7-12(14)16-2;1-3-5-4-2/h5-8,13,15,19H,2,4,9H2,1,3H3;3,5H,4H2,1-2H3/b;5-3+. The molecule has 0 saturated carbocycles. The Hall–Kier alpha value is -2.27. The highest BCUT2D eigenvalue weighted by Crippen LogP contribution is 2.30. The van der Waals surface area contributed by atoms with Crippen LogP contribution in [0.1, 0.15) is 44.0 Å². The molecular formula is C19H29N3O2. The quantitative estimate of drug-likeness (QED) is 0.429. The monoisotopic (exact) mass is 331 g/mol. The summed E-state index contributed by atoms with van der Waals surface area (Å²) in [6.07, 6.45) is 6.80. The SMILES string of the molecule is C/C=C/CC.C=Nc1cc(C=O)ccc1N(C)C(CC)C(=N)CO. The van der Waals surface area contributed by atoms with Gasteiger partial charge in [0, 0.05) is 12.6 Å². The zero-order valence-electron chi connectivity index (χ0n) is 15.1. The molecule has 0 amide bonds. The summed E-state index contributed by atoms with van der Waals surface area (Å²) in [5.74, 6) is 0. The first-order valence-corrected chi connectivity index (χ1v) is 8.08. The molecule has 0 fully saturated rings. The van der Waals surface area contributed by atoms with E-state index in [0.717, 1.165) is 18.4 Å². The maximum atomic E-state index is 10.8. The van der Waals surface area contributed by atoms with Crippen molar-refractivity contribution in [2.75, 3.05) is 18.6 Å². The normalized spacial score (nSPS) is 11.4.